The van der Waals surface area contributed by atoms with Crippen LogP contribution in [0.4, 0.5) is 11.4 Å². The highest BCUT2D eigenvalue weighted by Crippen LogP contribution is 2.24. The van der Waals surface area contributed by atoms with Gasteiger partial charge in [-0.3, -0.25) is 10.1 Å². The second-order valence-corrected chi connectivity index (χ2v) is 6.36. The van der Waals surface area contributed by atoms with Gasteiger partial charge in [-0.05, 0) is 42.0 Å². The van der Waals surface area contributed by atoms with Gasteiger partial charge in [-0.2, -0.15) is 0 Å². The number of ether oxygens (including phenoxy) is 1. The van der Waals surface area contributed by atoms with Crippen molar-refractivity contribution in [1.29, 1.82) is 0 Å². The van der Waals surface area contributed by atoms with Crippen LogP contribution in [-0.2, 0) is 4.74 Å². The third-order valence-electron chi connectivity index (χ3n) is 4.64. The Morgan fingerprint density at radius 2 is 1.78 bits per heavy atom. The van der Waals surface area contributed by atoms with Crippen LogP contribution in [0.25, 0.3) is 23.1 Å². The molecule has 0 saturated carbocycles. The zero-order valence-corrected chi connectivity index (χ0v) is 14.7. The van der Waals surface area contributed by atoms with Gasteiger partial charge in [0.25, 0.3) is 5.69 Å². The predicted molar refractivity (Wildman–Crippen MR) is 107 cm³/mol. The fourth-order valence-corrected chi connectivity index (χ4v) is 3.21. The number of non-ortho nitro benzene ring substituents is 1. The molecule has 6 heteroatoms. The molecule has 0 N–H and O–H groups in total. The third kappa shape index (κ3) is 3.80. The number of nitro groups is 1. The molecule has 0 amide bonds. The van der Waals surface area contributed by atoms with Crippen LogP contribution in [0.5, 0.6) is 0 Å². The summed E-state index contributed by atoms with van der Waals surface area (Å²) in [7, 11) is 0. The van der Waals surface area contributed by atoms with Crippen LogP contribution >= 0.6 is 0 Å². The minimum atomic E-state index is -0.379. The van der Waals surface area contributed by atoms with Crippen LogP contribution in [0.15, 0.2) is 54.6 Å². The maximum absolute atomic E-state index is 11.1. The quantitative estimate of drug-likeness (QED) is 0.516. The molecular weight excluding hydrogens is 342 g/mol. The van der Waals surface area contributed by atoms with Gasteiger partial charge in [-0.25, -0.2) is 4.98 Å². The lowest BCUT2D eigenvalue weighted by Gasteiger charge is -2.28. The summed E-state index contributed by atoms with van der Waals surface area (Å²) in [5.74, 6) is 0. The fourth-order valence-electron chi connectivity index (χ4n) is 3.21. The first kappa shape index (κ1) is 17.2. The topological polar surface area (TPSA) is 68.5 Å². The van der Waals surface area contributed by atoms with Crippen molar-refractivity contribution < 1.29 is 9.66 Å². The van der Waals surface area contributed by atoms with E-state index in [-0.39, 0.29) is 10.6 Å². The minimum absolute atomic E-state index is 0.0780. The number of aromatic nitrogens is 1. The zero-order valence-electron chi connectivity index (χ0n) is 14.7. The maximum Gasteiger partial charge on any atom is 0.278 e. The molecule has 2 aromatic carbocycles. The molecule has 0 unspecified atom stereocenters. The SMILES string of the molecule is O=[N+]([O-])c1cccc2nc(/C=C/c3ccc(N4CCOCC4)cc3)ccc12. The van der Waals surface area contributed by atoms with E-state index in [0.29, 0.717) is 10.9 Å². The Balaban J connectivity index is 1.53. The molecule has 1 saturated heterocycles. The molecule has 1 aromatic heterocycles. The molecular formula is C21H19N3O3. The van der Waals surface area contributed by atoms with Gasteiger partial charge in [-0.1, -0.05) is 24.3 Å². The lowest BCUT2D eigenvalue weighted by atomic mass is 10.1. The third-order valence-corrected chi connectivity index (χ3v) is 4.64. The Hall–Kier alpha value is -3.25. The molecule has 2 heterocycles. The van der Waals surface area contributed by atoms with Gasteiger partial charge >= 0.3 is 0 Å². The Bertz CT molecular complexity index is 993. The zero-order chi connectivity index (χ0) is 18.6. The van der Waals surface area contributed by atoms with Crippen LogP contribution in [0.3, 0.4) is 0 Å². The Morgan fingerprint density at radius 1 is 1.00 bits per heavy atom. The number of rotatable bonds is 4. The van der Waals surface area contributed by atoms with E-state index in [9.17, 15) is 10.1 Å². The van der Waals surface area contributed by atoms with Crippen molar-refractivity contribution in [2.45, 2.75) is 0 Å². The molecule has 1 fully saturated rings. The fraction of sp³-hybridized carbons (Fsp3) is 0.190. The Morgan fingerprint density at radius 3 is 2.52 bits per heavy atom. The molecule has 1 aliphatic heterocycles. The first-order valence-electron chi connectivity index (χ1n) is 8.86. The summed E-state index contributed by atoms with van der Waals surface area (Å²) in [6.07, 6.45) is 3.91. The number of anilines is 1. The summed E-state index contributed by atoms with van der Waals surface area (Å²) in [5.41, 5.74) is 3.74. The summed E-state index contributed by atoms with van der Waals surface area (Å²) in [5, 5.41) is 11.7. The van der Waals surface area contributed by atoms with Crippen molar-refractivity contribution in [2.75, 3.05) is 31.2 Å². The van der Waals surface area contributed by atoms with Gasteiger partial charge in [0.1, 0.15) is 0 Å². The first-order chi connectivity index (χ1) is 13.2. The average molecular weight is 361 g/mol. The van der Waals surface area contributed by atoms with E-state index < -0.39 is 0 Å². The molecule has 0 aliphatic carbocycles. The monoisotopic (exact) mass is 361 g/mol. The molecule has 3 aromatic rings. The maximum atomic E-state index is 11.1. The first-order valence-corrected chi connectivity index (χ1v) is 8.86. The molecule has 6 nitrogen and oxygen atoms in total. The van der Waals surface area contributed by atoms with E-state index in [0.717, 1.165) is 37.6 Å². The number of hydrogen-bond donors (Lipinski definition) is 0. The number of morpholine rings is 1. The molecule has 136 valence electrons. The van der Waals surface area contributed by atoms with Crippen molar-refractivity contribution in [3.05, 3.63) is 76.0 Å². The number of benzene rings is 2. The summed E-state index contributed by atoms with van der Waals surface area (Å²) in [4.78, 5) is 17.6. The molecule has 0 radical (unpaired) electrons. The summed E-state index contributed by atoms with van der Waals surface area (Å²) < 4.78 is 5.39. The van der Waals surface area contributed by atoms with Crippen molar-refractivity contribution >= 4 is 34.4 Å². The van der Waals surface area contributed by atoms with E-state index >= 15 is 0 Å². The standard InChI is InChI=1S/C21H19N3O3/c25-24(26)21-3-1-2-20-19(21)11-8-17(22-20)7-4-16-5-9-18(10-6-16)23-12-14-27-15-13-23/h1-11H,12-15H2/b7-4+. The van der Waals surface area contributed by atoms with Crippen LogP contribution in [0.2, 0.25) is 0 Å². The smallest absolute Gasteiger partial charge is 0.278 e. The van der Waals surface area contributed by atoms with E-state index in [2.05, 4.69) is 34.1 Å². The van der Waals surface area contributed by atoms with Crippen molar-refractivity contribution in [3.8, 4) is 0 Å². The van der Waals surface area contributed by atoms with Crippen LogP contribution < -0.4 is 4.90 Å². The lowest BCUT2D eigenvalue weighted by molar-refractivity contribution is -0.383. The highest BCUT2D eigenvalue weighted by molar-refractivity contribution is 5.89. The highest BCUT2D eigenvalue weighted by atomic mass is 16.6. The predicted octanol–water partition coefficient (Wildman–Crippen LogP) is 4.15. The summed E-state index contributed by atoms with van der Waals surface area (Å²) in [6, 6.07) is 16.9. The van der Waals surface area contributed by atoms with Crippen molar-refractivity contribution in [3.63, 3.8) is 0 Å². The minimum Gasteiger partial charge on any atom is -0.378 e. The summed E-state index contributed by atoms with van der Waals surface area (Å²) >= 11 is 0. The summed E-state index contributed by atoms with van der Waals surface area (Å²) in [6.45, 7) is 3.38. The van der Waals surface area contributed by atoms with Gasteiger partial charge in [-0.15, -0.1) is 0 Å². The number of nitrogens with zero attached hydrogens (tertiary/aromatic N) is 3. The van der Waals surface area contributed by atoms with Gasteiger partial charge in [0.15, 0.2) is 0 Å². The average Bonchev–Trinajstić information content (AvgIpc) is 2.72. The number of fused-ring (bicyclic) bond motifs is 1. The molecule has 0 atom stereocenters. The normalized spacial score (nSPS) is 14.7. The second kappa shape index (κ2) is 7.55. The van der Waals surface area contributed by atoms with E-state index in [1.807, 2.05) is 12.2 Å². The molecule has 27 heavy (non-hydrogen) atoms. The van der Waals surface area contributed by atoms with Crippen LogP contribution in [-0.4, -0.2) is 36.2 Å². The van der Waals surface area contributed by atoms with Gasteiger partial charge in [0, 0.05) is 24.8 Å². The van der Waals surface area contributed by atoms with Crippen molar-refractivity contribution in [2.24, 2.45) is 0 Å². The number of pyridine rings is 1. The largest absolute Gasteiger partial charge is 0.378 e. The van der Waals surface area contributed by atoms with E-state index in [1.54, 1.807) is 24.3 Å². The van der Waals surface area contributed by atoms with Gasteiger partial charge in [0.2, 0.25) is 0 Å². The number of hydrogen-bond acceptors (Lipinski definition) is 5. The second-order valence-electron chi connectivity index (χ2n) is 6.36. The Labute approximate surface area is 156 Å². The molecule has 4 rings (SSSR count). The van der Waals surface area contributed by atoms with E-state index in [1.165, 1.54) is 11.8 Å². The van der Waals surface area contributed by atoms with E-state index in [4.69, 9.17) is 4.74 Å². The number of nitro benzene ring substituents is 1. The highest BCUT2D eigenvalue weighted by Gasteiger charge is 2.12. The lowest BCUT2D eigenvalue weighted by Crippen LogP contribution is -2.36. The van der Waals surface area contributed by atoms with Gasteiger partial charge in [0.05, 0.1) is 34.7 Å². The van der Waals surface area contributed by atoms with Crippen LogP contribution in [0.1, 0.15) is 11.3 Å². The molecule has 0 bridgehead atoms. The Kier molecular flexibility index (Phi) is 4.80. The molecule has 0 spiro atoms. The van der Waals surface area contributed by atoms with Crippen LogP contribution in [0, 0.1) is 10.1 Å². The van der Waals surface area contributed by atoms with Crippen molar-refractivity contribution in [1.82, 2.24) is 4.98 Å². The van der Waals surface area contributed by atoms with Gasteiger partial charge < -0.3 is 9.64 Å². The molecule has 1 aliphatic rings.